The number of nitrogens with one attached hydrogen (secondary N) is 1. The number of carbonyl (C=O) groups is 1. The van der Waals surface area contributed by atoms with Crippen molar-refractivity contribution >= 4 is 33.1 Å². The number of anilines is 1. The van der Waals surface area contributed by atoms with E-state index in [9.17, 15) is 13.2 Å². The fourth-order valence-corrected chi connectivity index (χ4v) is 4.57. The maximum Gasteiger partial charge on any atom is 0.265 e. The van der Waals surface area contributed by atoms with Crippen molar-refractivity contribution in [3.63, 3.8) is 0 Å². The van der Waals surface area contributed by atoms with E-state index >= 15 is 0 Å². The molecule has 0 atom stereocenters. The number of ketones is 1. The number of ether oxygens (including phenoxy) is 2. The number of carbonyl (C=O) groups excluding carboxylic acids is 1. The zero-order chi connectivity index (χ0) is 19.2. The highest BCUT2D eigenvalue weighted by Gasteiger charge is 2.47. The van der Waals surface area contributed by atoms with E-state index in [4.69, 9.17) is 21.1 Å². The van der Waals surface area contributed by atoms with Crippen molar-refractivity contribution in [3.8, 4) is 11.6 Å². The second-order valence-electron chi connectivity index (χ2n) is 6.87. The van der Waals surface area contributed by atoms with E-state index in [0.29, 0.717) is 13.0 Å². The predicted molar refractivity (Wildman–Crippen MR) is 99.2 cm³/mol. The maximum atomic E-state index is 12.8. The number of rotatable bonds is 4. The molecule has 0 saturated heterocycles. The minimum atomic E-state index is -3.99. The Morgan fingerprint density at radius 1 is 1.30 bits per heavy atom. The van der Waals surface area contributed by atoms with E-state index in [1.54, 1.807) is 0 Å². The number of Topliss-reactive ketones (excluding diaryl/α,β-unsaturated/α-hetero) is 1. The molecule has 2 aliphatic rings. The lowest BCUT2D eigenvalue weighted by molar-refractivity contribution is 0.0954. The van der Waals surface area contributed by atoms with Gasteiger partial charge in [-0.25, -0.2) is 13.4 Å². The van der Waals surface area contributed by atoms with Crippen molar-refractivity contribution in [2.45, 2.75) is 24.2 Å². The van der Waals surface area contributed by atoms with Crippen LogP contribution in [-0.2, 0) is 10.0 Å². The van der Waals surface area contributed by atoms with Gasteiger partial charge >= 0.3 is 0 Å². The second-order valence-corrected chi connectivity index (χ2v) is 8.95. The van der Waals surface area contributed by atoms with Gasteiger partial charge in [-0.3, -0.25) is 9.52 Å². The van der Waals surface area contributed by atoms with Gasteiger partial charge in [0, 0.05) is 16.9 Å². The molecule has 1 N–H and O–H groups in total. The Kier molecular flexibility index (Phi) is 4.27. The van der Waals surface area contributed by atoms with Gasteiger partial charge in [0.2, 0.25) is 5.88 Å². The lowest BCUT2D eigenvalue weighted by Crippen LogP contribution is -2.15. The summed E-state index contributed by atoms with van der Waals surface area (Å²) in [7, 11) is -2.62. The quantitative estimate of drug-likeness (QED) is 0.834. The Morgan fingerprint density at radius 3 is 2.78 bits per heavy atom. The van der Waals surface area contributed by atoms with Crippen LogP contribution < -0.4 is 14.2 Å². The lowest BCUT2D eigenvalue weighted by atomic mass is 9.98. The average Bonchev–Trinajstić information content (AvgIpc) is 3.41. The van der Waals surface area contributed by atoms with Crippen LogP contribution in [0.3, 0.4) is 0 Å². The molecule has 0 bridgehead atoms. The molecular weight excluding hydrogens is 392 g/mol. The highest BCUT2D eigenvalue weighted by molar-refractivity contribution is 7.92. The summed E-state index contributed by atoms with van der Waals surface area (Å²) in [6.07, 6.45) is 3.63. The molecule has 1 aromatic heterocycles. The lowest BCUT2D eigenvalue weighted by Gasteiger charge is -2.13. The van der Waals surface area contributed by atoms with Gasteiger partial charge in [0.25, 0.3) is 10.0 Å². The molecule has 4 rings (SSSR count). The fraction of sp³-hybridized carbons (Fsp3) is 0.333. The summed E-state index contributed by atoms with van der Waals surface area (Å²) in [5.74, 6) is 0.311. The molecule has 1 saturated carbocycles. The van der Waals surface area contributed by atoms with Crippen molar-refractivity contribution < 1.29 is 22.7 Å². The van der Waals surface area contributed by atoms with Crippen molar-refractivity contribution in [1.29, 1.82) is 0 Å². The van der Waals surface area contributed by atoms with E-state index in [-0.39, 0.29) is 44.0 Å². The maximum absolute atomic E-state index is 12.8. The van der Waals surface area contributed by atoms with Gasteiger partial charge in [0.05, 0.1) is 31.2 Å². The minimum absolute atomic E-state index is 0.0778. The number of hydrogen-bond donors (Lipinski definition) is 1. The molecule has 2 heterocycles. The van der Waals surface area contributed by atoms with E-state index in [1.165, 1.54) is 37.6 Å². The summed E-state index contributed by atoms with van der Waals surface area (Å²) in [4.78, 5) is 16.6. The number of aromatic nitrogens is 1. The summed E-state index contributed by atoms with van der Waals surface area (Å²) in [6.45, 7) is 0.462. The van der Waals surface area contributed by atoms with Crippen LogP contribution in [0.1, 0.15) is 29.6 Å². The molecule has 0 unspecified atom stereocenters. The van der Waals surface area contributed by atoms with Crippen LogP contribution in [0.15, 0.2) is 35.4 Å². The van der Waals surface area contributed by atoms with Gasteiger partial charge < -0.3 is 9.47 Å². The first kappa shape index (κ1) is 18.1. The van der Waals surface area contributed by atoms with Gasteiger partial charge in [-0.15, -0.1) is 0 Å². The monoisotopic (exact) mass is 408 g/mol. The standard InChI is InChI=1S/C18H17ClN2O5S/c1-25-15-3-2-11(19)6-16(15)27(23,24)21-12-7-13-14(22)8-18(4-5-18)10-26-17(13)20-9-12/h2-3,6-7,9,21H,4-5,8,10H2,1H3. The Hall–Kier alpha value is -2.32. The minimum Gasteiger partial charge on any atom is -0.495 e. The largest absolute Gasteiger partial charge is 0.495 e. The van der Waals surface area contributed by atoms with Crippen molar-refractivity contribution in [2.24, 2.45) is 5.41 Å². The SMILES string of the molecule is COc1ccc(Cl)cc1S(=O)(=O)Nc1cnc2c(c1)C(=O)CC1(CC1)CO2. The number of halogens is 1. The molecular formula is C18H17ClN2O5S. The van der Waals surface area contributed by atoms with Gasteiger partial charge in [0.1, 0.15) is 10.6 Å². The third kappa shape index (κ3) is 3.46. The third-order valence-electron chi connectivity index (χ3n) is 4.83. The first-order valence-corrected chi connectivity index (χ1v) is 10.2. The number of benzene rings is 1. The topological polar surface area (TPSA) is 94.6 Å². The second kappa shape index (κ2) is 6.38. The molecule has 0 radical (unpaired) electrons. The number of methoxy groups -OCH3 is 1. The summed E-state index contributed by atoms with van der Waals surface area (Å²) in [5.41, 5.74) is 0.377. The normalized spacial score (nSPS) is 17.6. The Labute approximate surface area is 161 Å². The fourth-order valence-electron chi connectivity index (χ4n) is 3.10. The van der Waals surface area contributed by atoms with Crippen LogP contribution in [0.5, 0.6) is 11.6 Å². The van der Waals surface area contributed by atoms with Crippen LogP contribution in [0.2, 0.25) is 5.02 Å². The predicted octanol–water partition coefficient (Wildman–Crippen LogP) is 3.29. The smallest absolute Gasteiger partial charge is 0.265 e. The Bertz CT molecular complexity index is 1030. The molecule has 27 heavy (non-hydrogen) atoms. The van der Waals surface area contributed by atoms with Crippen LogP contribution in [0.4, 0.5) is 5.69 Å². The Balaban J connectivity index is 1.66. The number of hydrogen-bond acceptors (Lipinski definition) is 6. The molecule has 142 valence electrons. The van der Waals surface area contributed by atoms with E-state index < -0.39 is 10.0 Å². The molecule has 1 aromatic carbocycles. The van der Waals surface area contributed by atoms with Gasteiger partial charge in [-0.1, -0.05) is 11.6 Å². The van der Waals surface area contributed by atoms with Crippen LogP contribution in [0, 0.1) is 5.41 Å². The summed E-state index contributed by atoms with van der Waals surface area (Å²) in [6, 6.07) is 5.76. The van der Waals surface area contributed by atoms with Crippen molar-refractivity contribution in [1.82, 2.24) is 4.98 Å². The number of fused-ring (bicyclic) bond motifs is 1. The van der Waals surface area contributed by atoms with Gasteiger partial charge in [0.15, 0.2) is 5.78 Å². The number of nitrogens with zero attached hydrogens (tertiary/aromatic N) is 1. The molecule has 7 nitrogen and oxygen atoms in total. The molecule has 1 fully saturated rings. The zero-order valence-corrected chi connectivity index (χ0v) is 16.1. The molecule has 9 heteroatoms. The molecule has 0 amide bonds. The molecule has 2 aromatic rings. The molecule has 1 aliphatic carbocycles. The molecule has 1 aliphatic heterocycles. The van der Waals surface area contributed by atoms with Crippen molar-refractivity contribution in [3.05, 3.63) is 41.0 Å². The van der Waals surface area contributed by atoms with E-state index in [2.05, 4.69) is 9.71 Å². The average molecular weight is 409 g/mol. The highest BCUT2D eigenvalue weighted by atomic mass is 35.5. The zero-order valence-electron chi connectivity index (χ0n) is 14.5. The summed E-state index contributed by atoms with van der Waals surface area (Å²) < 4.78 is 38.8. The molecule has 1 spiro atoms. The van der Waals surface area contributed by atoms with Crippen LogP contribution in [-0.4, -0.2) is 32.9 Å². The van der Waals surface area contributed by atoms with E-state index in [0.717, 1.165) is 12.8 Å². The summed E-state index contributed by atoms with van der Waals surface area (Å²) >= 11 is 5.93. The van der Waals surface area contributed by atoms with Gasteiger partial charge in [-0.2, -0.15) is 0 Å². The number of sulfonamides is 1. The van der Waals surface area contributed by atoms with Gasteiger partial charge in [-0.05, 0) is 37.1 Å². The third-order valence-corrected chi connectivity index (χ3v) is 6.46. The summed E-state index contributed by atoms with van der Waals surface area (Å²) in [5, 5.41) is 0.259. The highest BCUT2D eigenvalue weighted by Crippen LogP contribution is 2.51. The van der Waals surface area contributed by atoms with Crippen molar-refractivity contribution in [2.75, 3.05) is 18.4 Å². The van der Waals surface area contributed by atoms with E-state index in [1.807, 2.05) is 0 Å². The van der Waals surface area contributed by atoms with Crippen LogP contribution >= 0.6 is 11.6 Å². The first-order valence-electron chi connectivity index (χ1n) is 8.34. The first-order chi connectivity index (χ1) is 12.8. The Morgan fingerprint density at radius 2 is 2.07 bits per heavy atom. The number of pyridine rings is 1. The van der Waals surface area contributed by atoms with Crippen LogP contribution in [0.25, 0.3) is 0 Å².